The van der Waals surface area contributed by atoms with Gasteiger partial charge in [-0.05, 0) is 53.9 Å². The van der Waals surface area contributed by atoms with Gasteiger partial charge >= 0.3 is 5.97 Å². The third-order valence-corrected chi connectivity index (χ3v) is 6.63. The zero-order chi connectivity index (χ0) is 25.8. The van der Waals surface area contributed by atoms with Gasteiger partial charge in [0.05, 0.1) is 17.4 Å². The van der Waals surface area contributed by atoms with Crippen LogP contribution in [0.5, 0.6) is 11.5 Å². The summed E-state index contributed by atoms with van der Waals surface area (Å²) in [5, 5.41) is 32.4. The van der Waals surface area contributed by atoms with Gasteiger partial charge in [0.2, 0.25) is 0 Å². The van der Waals surface area contributed by atoms with Gasteiger partial charge in [-0.25, -0.2) is 13.2 Å². The molecule has 0 saturated carbocycles. The molecule has 1 atom stereocenters. The maximum atomic E-state index is 11.9. The van der Waals surface area contributed by atoms with E-state index in [0.29, 0.717) is 18.9 Å². The third-order valence-electron chi connectivity index (χ3n) is 5.46. The van der Waals surface area contributed by atoms with Crippen LogP contribution in [-0.4, -0.2) is 55.7 Å². The molecule has 3 rings (SSSR count). The number of aliphatic hydroxyl groups excluding tert-OH is 1. The Kier molecular flexibility index (Phi) is 8.00. The summed E-state index contributed by atoms with van der Waals surface area (Å²) < 4.78 is 29.4. The van der Waals surface area contributed by atoms with Crippen molar-refractivity contribution in [2.75, 3.05) is 31.7 Å². The summed E-state index contributed by atoms with van der Waals surface area (Å²) in [6.45, 7) is 2.69. The lowest BCUT2D eigenvalue weighted by Crippen LogP contribution is -2.26. The van der Waals surface area contributed by atoms with Crippen LogP contribution in [0, 0.1) is 6.92 Å². The normalized spacial score (nSPS) is 12.3. The molecular weight excluding hydrogens is 472 g/mol. The van der Waals surface area contributed by atoms with Gasteiger partial charge in [-0.3, -0.25) is 0 Å². The van der Waals surface area contributed by atoms with Crippen LogP contribution in [0.4, 0.5) is 5.69 Å². The second kappa shape index (κ2) is 10.8. The molecule has 0 unspecified atom stereocenters. The Morgan fingerprint density at radius 3 is 2.40 bits per heavy atom. The van der Waals surface area contributed by atoms with Gasteiger partial charge in [-0.1, -0.05) is 24.3 Å². The molecule has 0 fully saturated rings. The van der Waals surface area contributed by atoms with Crippen molar-refractivity contribution >= 4 is 21.5 Å². The lowest BCUT2D eigenvalue weighted by atomic mass is 9.98. The number of hydrogen-bond acceptors (Lipinski definition) is 8. The molecule has 9 nitrogen and oxygen atoms in total. The Labute approximate surface area is 203 Å². The number of rotatable bonds is 10. The van der Waals surface area contributed by atoms with E-state index in [1.165, 1.54) is 12.1 Å². The van der Waals surface area contributed by atoms with Crippen LogP contribution in [-0.2, 0) is 9.84 Å². The molecule has 0 saturated heterocycles. The van der Waals surface area contributed by atoms with Crippen molar-refractivity contribution in [2.24, 2.45) is 0 Å². The molecule has 10 heteroatoms. The second-order valence-corrected chi connectivity index (χ2v) is 10.1. The third kappa shape index (κ3) is 6.30. The summed E-state index contributed by atoms with van der Waals surface area (Å²) >= 11 is 0. The average Bonchev–Trinajstić information content (AvgIpc) is 2.78. The van der Waals surface area contributed by atoms with Crippen molar-refractivity contribution in [3.05, 3.63) is 71.3 Å². The van der Waals surface area contributed by atoms with Crippen LogP contribution in [0.3, 0.4) is 0 Å². The number of aromatic hydroxyl groups is 1. The first-order valence-corrected chi connectivity index (χ1v) is 12.7. The zero-order valence-corrected chi connectivity index (χ0v) is 20.2. The fourth-order valence-electron chi connectivity index (χ4n) is 3.72. The predicted octanol–water partition coefficient (Wildman–Crippen LogP) is 2.75. The first kappa shape index (κ1) is 26.0. The highest BCUT2D eigenvalue weighted by Gasteiger charge is 2.22. The number of phenolic OH excluding ortho intramolecular Hbond substituents is 1. The van der Waals surface area contributed by atoms with Crippen LogP contribution >= 0.6 is 0 Å². The highest BCUT2D eigenvalue weighted by Crippen LogP contribution is 2.34. The number of nitrogens with two attached hydrogens (primary N) is 1. The number of carbonyl (C=O) groups is 1. The molecule has 0 heterocycles. The Morgan fingerprint density at radius 2 is 1.80 bits per heavy atom. The fraction of sp³-hybridized carbons (Fsp3) is 0.240. The van der Waals surface area contributed by atoms with Crippen molar-refractivity contribution in [1.29, 1.82) is 0 Å². The van der Waals surface area contributed by atoms with Crippen LogP contribution < -0.4 is 15.8 Å². The van der Waals surface area contributed by atoms with Crippen LogP contribution in [0.25, 0.3) is 11.1 Å². The van der Waals surface area contributed by atoms with E-state index in [4.69, 9.17) is 15.6 Å². The number of benzene rings is 3. The number of hydrogen-bond donors (Lipinski definition) is 5. The van der Waals surface area contributed by atoms with Gasteiger partial charge in [0.1, 0.15) is 23.0 Å². The van der Waals surface area contributed by atoms with Gasteiger partial charge in [0.15, 0.2) is 9.84 Å². The first-order valence-electron chi connectivity index (χ1n) is 10.8. The highest BCUT2D eigenvalue weighted by molar-refractivity contribution is 7.91. The number of aliphatic hydroxyl groups is 1. The number of anilines is 1. The smallest absolute Gasteiger partial charge is 0.335 e. The molecule has 0 aliphatic rings. The minimum atomic E-state index is -3.76. The van der Waals surface area contributed by atoms with Gasteiger partial charge in [0, 0.05) is 24.9 Å². The van der Waals surface area contributed by atoms with E-state index in [2.05, 4.69) is 5.32 Å². The van der Waals surface area contributed by atoms with Crippen LogP contribution in [0.1, 0.15) is 27.6 Å². The van der Waals surface area contributed by atoms with Gasteiger partial charge < -0.3 is 31.1 Å². The number of nitrogen functional groups attached to an aromatic ring is 1. The Hall–Kier alpha value is -3.60. The van der Waals surface area contributed by atoms with E-state index in [-0.39, 0.29) is 23.4 Å². The van der Waals surface area contributed by atoms with Crippen molar-refractivity contribution in [3.8, 4) is 22.6 Å². The first-order chi connectivity index (χ1) is 16.5. The van der Waals surface area contributed by atoms with Crippen molar-refractivity contribution < 1.29 is 33.3 Å². The maximum Gasteiger partial charge on any atom is 0.335 e. The minimum absolute atomic E-state index is 0.103. The monoisotopic (exact) mass is 500 g/mol. The quantitative estimate of drug-likeness (QED) is 0.208. The number of phenols is 1. The summed E-state index contributed by atoms with van der Waals surface area (Å²) in [5.41, 5.74) is 8.89. The van der Waals surface area contributed by atoms with Crippen molar-refractivity contribution in [1.82, 2.24) is 5.32 Å². The zero-order valence-electron chi connectivity index (χ0n) is 19.4. The lowest BCUT2D eigenvalue weighted by molar-refractivity contribution is 0.0696. The SMILES string of the molecule is Cc1cc(C(=O)O)ccc1-c1ccc(OCCNC[C@H](O)c2ccc(O)c(S(C)(=O)=O)c2N)cc1. The number of aromatic carboxylic acids is 1. The Bertz CT molecular complexity index is 1320. The number of nitrogens with one attached hydrogen (secondary N) is 1. The van der Waals surface area contributed by atoms with Crippen LogP contribution in [0.15, 0.2) is 59.5 Å². The molecular formula is C25H28N2O7S. The second-order valence-electron chi connectivity index (χ2n) is 8.12. The van der Waals surface area contributed by atoms with E-state index < -0.39 is 32.6 Å². The van der Waals surface area contributed by atoms with E-state index >= 15 is 0 Å². The Morgan fingerprint density at radius 1 is 1.11 bits per heavy atom. The van der Waals surface area contributed by atoms with E-state index in [1.807, 2.05) is 31.2 Å². The highest BCUT2D eigenvalue weighted by atomic mass is 32.2. The molecule has 0 amide bonds. The summed E-state index contributed by atoms with van der Waals surface area (Å²) in [7, 11) is -3.76. The number of carboxylic acid groups (broad SMARTS) is 1. The van der Waals surface area contributed by atoms with E-state index in [9.17, 15) is 23.4 Å². The van der Waals surface area contributed by atoms with E-state index in [0.717, 1.165) is 22.9 Å². The molecule has 6 N–H and O–H groups in total. The maximum absolute atomic E-state index is 11.9. The number of aryl methyl sites for hydroxylation is 1. The molecule has 0 aromatic heterocycles. The molecule has 35 heavy (non-hydrogen) atoms. The number of sulfone groups is 1. The number of ether oxygens (including phenoxy) is 1. The molecule has 0 spiro atoms. The largest absolute Gasteiger partial charge is 0.507 e. The summed E-state index contributed by atoms with van der Waals surface area (Å²) in [6, 6.07) is 15.0. The number of carboxylic acids is 1. The molecule has 0 bridgehead atoms. The molecule has 3 aromatic carbocycles. The van der Waals surface area contributed by atoms with Crippen molar-refractivity contribution in [3.63, 3.8) is 0 Å². The topological polar surface area (TPSA) is 159 Å². The molecule has 3 aromatic rings. The standard InChI is InChI=1S/C25H28N2O7S/c1-15-13-17(25(30)31)5-8-19(15)16-3-6-18(7-4-16)34-12-11-27-14-22(29)20-9-10-21(28)24(23(20)26)35(2,32)33/h3-10,13,22,27-29H,11-12,14,26H2,1-2H3,(H,30,31)/t22-/m0/s1. The van der Waals surface area contributed by atoms with Crippen LogP contribution in [0.2, 0.25) is 0 Å². The summed E-state index contributed by atoms with van der Waals surface area (Å²) in [5.74, 6) is -0.771. The predicted molar refractivity (Wildman–Crippen MR) is 133 cm³/mol. The summed E-state index contributed by atoms with van der Waals surface area (Å²) in [4.78, 5) is 10.7. The molecule has 0 radical (unpaired) electrons. The van der Waals surface area contributed by atoms with Gasteiger partial charge in [0.25, 0.3) is 0 Å². The molecule has 0 aliphatic carbocycles. The van der Waals surface area contributed by atoms with Gasteiger partial charge in [-0.2, -0.15) is 0 Å². The average molecular weight is 501 g/mol. The Balaban J connectivity index is 1.52. The summed E-state index contributed by atoms with van der Waals surface area (Å²) in [6.07, 6.45) is -0.140. The molecule has 0 aliphatic heterocycles. The van der Waals surface area contributed by atoms with Crippen molar-refractivity contribution in [2.45, 2.75) is 17.9 Å². The fourth-order valence-corrected chi connectivity index (χ4v) is 4.69. The molecule has 186 valence electrons. The minimum Gasteiger partial charge on any atom is -0.507 e. The van der Waals surface area contributed by atoms with E-state index in [1.54, 1.807) is 18.2 Å². The lowest BCUT2D eigenvalue weighted by Gasteiger charge is -2.17. The van der Waals surface area contributed by atoms with Gasteiger partial charge in [-0.15, -0.1) is 0 Å².